The number of hydrogen-bond donors (Lipinski definition) is 2. The second-order valence-corrected chi connectivity index (χ2v) is 5.76. The minimum atomic E-state index is -0.839. The van der Waals surface area contributed by atoms with E-state index in [-0.39, 0.29) is 12.6 Å². The monoisotopic (exact) mass is 320 g/mol. The largest absolute Gasteiger partial charge is 0.486 e. The number of carbonyl (C=O) groups is 2. The van der Waals surface area contributed by atoms with Gasteiger partial charge in [0, 0.05) is 19.6 Å². The maximum absolute atomic E-state index is 12.2. The molecule has 1 fully saturated rings. The van der Waals surface area contributed by atoms with Crippen LogP contribution in [-0.2, 0) is 11.3 Å². The highest BCUT2D eigenvalue weighted by Crippen LogP contribution is 2.30. The fraction of sp³-hybridized carbons (Fsp3) is 0.500. The lowest BCUT2D eigenvalue weighted by molar-refractivity contribution is -0.143. The quantitative estimate of drug-likeness (QED) is 0.880. The molecule has 1 unspecified atom stereocenters. The van der Waals surface area contributed by atoms with Crippen LogP contribution < -0.4 is 14.8 Å². The molecule has 1 saturated heterocycles. The van der Waals surface area contributed by atoms with E-state index < -0.39 is 11.9 Å². The summed E-state index contributed by atoms with van der Waals surface area (Å²) in [4.78, 5) is 24.8. The van der Waals surface area contributed by atoms with Crippen molar-refractivity contribution in [1.29, 1.82) is 0 Å². The zero-order valence-corrected chi connectivity index (χ0v) is 12.8. The van der Waals surface area contributed by atoms with Crippen LogP contribution >= 0.6 is 0 Å². The summed E-state index contributed by atoms with van der Waals surface area (Å²) >= 11 is 0. The van der Waals surface area contributed by atoms with Gasteiger partial charge in [-0.15, -0.1) is 0 Å². The van der Waals surface area contributed by atoms with Crippen molar-refractivity contribution in [3.05, 3.63) is 23.8 Å². The van der Waals surface area contributed by atoms with Gasteiger partial charge in [0.1, 0.15) is 13.2 Å². The summed E-state index contributed by atoms with van der Waals surface area (Å²) in [5.74, 6) is 0.0942. The highest BCUT2D eigenvalue weighted by atomic mass is 16.6. The van der Waals surface area contributed by atoms with Gasteiger partial charge in [-0.05, 0) is 30.5 Å². The third-order valence-electron chi connectivity index (χ3n) is 4.11. The summed E-state index contributed by atoms with van der Waals surface area (Å²) < 4.78 is 11.0. The summed E-state index contributed by atoms with van der Waals surface area (Å²) in [5.41, 5.74) is 0.911. The zero-order chi connectivity index (χ0) is 16.2. The number of carboxylic acid groups (broad SMARTS) is 1. The normalized spacial score (nSPS) is 20.0. The molecule has 7 nitrogen and oxygen atoms in total. The lowest BCUT2D eigenvalue weighted by atomic mass is 9.99. The van der Waals surface area contributed by atoms with Gasteiger partial charge in [0.15, 0.2) is 11.5 Å². The summed E-state index contributed by atoms with van der Waals surface area (Å²) in [6, 6.07) is 5.33. The number of amides is 2. The minimum Gasteiger partial charge on any atom is -0.486 e. The van der Waals surface area contributed by atoms with Gasteiger partial charge in [-0.1, -0.05) is 6.07 Å². The number of urea groups is 1. The molecule has 2 aliphatic heterocycles. The number of hydrogen-bond acceptors (Lipinski definition) is 4. The number of ether oxygens (including phenoxy) is 2. The molecule has 7 heteroatoms. The molecule has 23 heavy (non-hydrogen) atoms. The molecule has 0 aliphatic carbocycles. The number of piperidine rings is 1. The van der Waals surface area contributed by atoms with Crippen LogP contribution in [0.4, 0.5) is 4.79 Å². The van der Waals surface area contributed by atoms with Crippen molar-refractivity contribution in [2.45, 2.75) is 19.4 Å². The SMILES string of the molecule is O=C(O)C1CCCN(C(=O)NCc2ccc3c(c2)OCCO3)C1. The standard InChI is InChI=1S/C16H20N2O5/c19-15(20)12-2-1-5-18(10-12)16(21)17-9-11-3-4-13-14(8-11)23-7-6-22-13/h3-4,8,12H,1-2,5-7,9-10H2,(H,17,21)(H,19,20). The van der Waals surface area contributed by atoms with Crippen LogP contribution in [-0.4, -0.2) is 48.3 Å². The number of nitrogens with one attached hydrogen (secondary N) is 1. The molecular weight excluding hydrogens is 300 g/mol. The van der Waals surface area contributed by atoms with Crippen molar-refractivity contribution in [3.63, 3.8) is 0 Å². The second kappa shape index (κ2) is 6.76. The van der Waals surface area contributed by atoms with Gasteiger partial charge in [0.25, 0.3) is 0 Å². The number of likely N-dealkylation sites (tertiary alicyclic amines) is 1. The zero-order valence-electron chi connectivity index (χ0n) is 12.8. The van der Waals surface area contributed by atoms with Crippen LogP contribution in [0, 0.1) is 5.92 Å². The highest BCUT2D eigenvalue weighted by molar-refractivity contribution is 5.76. The first-order valence-corrected chi connectivity index (χ1v) is 7.77. The third-order valence-corrected chi connectivity index (χ3v) is 4.11. The maximum atomic E-state index is 12.2. The van der Waals surface area contributed by atoms with Crippen LogP contribution in [0.2, 0.25) is 0 Å². The average Bonchev–Trinajstić information content (AvgIpc) is 2.59. The molecule has 2 heterocycles. The van der Waals surface area contributed by atoms with Crippen LogP contribution in [0.5, 0.6) is 11.5 Å². The van der Waals surface area contributed by atoms with Gasteiger partial charge in [-0.25, -0.2) is 4.79 Å². The number of benzene rings is 1. The Bertz CT molecular complexity index is 604. The Hall–Kier alpha value is -2.44. The first kappa shape index (κ1) is 15.5. The Labute approximate surface area is 134 Å². The molecule has 0 aromatic heterocycles. The molecular formula is C16H20N2O5. The third kappa shape index (κ3) is 3.67. The maximum Gasteiger partial charge on any atom is 0.317 e. The number of rotatable bonds is 3. The van der Waals surface area contributed by atoms with Crippen molar-refractivity contribution in [3.8, 4) is 11.5 Å². The molecule has 1 aromatic carbocycles. The molecule has 1 atom stereocenters. The van der Waals surface area contributed by atoms with E-state index in [0.717, 1.165) is 5.56 Å². The molecule has 2 amide bonds. The topological polar surface area (TPSA) is 88.1 Å². The van der Waals surface area contributed by atoms with E-state index in [1.54, 1.807) is 4.90 Å². The van der Waals surface area contributed by atoms with E-state index in [0.29, 0.717) is 50.6 Å². The van der Waals surface area contributed by atoms with Crippen LogP contribution in [0.1, 0.15) is 18.4 Å². The molecule has 0 radical (unpaired) electrons. The molecule has 3 rings (SSSR count). The molecule has 0 bridgehead atoms. The lowest BCUT2D eigenvalue weighted by Crippen LogP contribution is -2.46. The summed E-state index contributed by atoms with van der Waals surface area (Å²) in [6.07, 6.45) is 1.34. The van der Waals surface area contributed by atoms with Crippen molar-refractivity contribution in [2.75, 3.05) is 26.3 Å². The Morgan fingerprint density at radius 1 is 1.26 bits per heavy atom. The smallest absolute Gasteiger partial charge is 0.317 e. The van der Waals surface area contributed by atoms with Gasteiger partial charge in [0.2, 0.25) is 0 Å². The molecule has 2 N–H and O–H groups in total. The average molecular weight is 320 g/mol. The van der Waals surface area contributed by atoms with Crippen LogP contribution in [0.15, 0.2) is 18.2 Å². The molecule has 2 aliphatic rings. The molecule has 1 aromatic rings. The van der Waals surface area contributed by atoms with E-state index in [1.807, 2.05) is 18.2 Å². The predicted molar refractivity (Wildman–Crippen MR) is 81.6 cm³/mol. The van der Waals surface area contributed by atoms with Crippen molar-refractivity contribution < 1.29 is 24.2 Å². The summed E-state index contributed by atoms with van der Waals surface area (Å²) in [6.45, 7) is 2.29. The number of nitrogens with zero attached hydrogens (tertiary/aromatic N) is 1. The Morgan fingerprint density at radius 3 is 2.83 bits per heavy atom. The molecule has 124 valence electrons. The number of carbonyl (C=O) groups excluding carboxylic acids is 1. The van der Waals surface area contributed by atoms with Gasteiger partial charge in [0.05, 0.1) is 5.92 Å². The fourth-order valence-electron chi connectivity index (χ4n) is 2.85. The van der Waals surface area contributed by atoms with Crippen molar-refractivity contribution in [1.82, 2.24) is 10.2 Å². The Morgan fingerprint density at radius 2 is 2.04 bits per heavy atom. The number of aliphatic carboxylic acids is 1. The number of carboxylic acids is 1. The highest BCUT2D eigenvalue weighted by Gasteiger charge is 2.28. The van der Waals surface area contributed by atoms with Gasteiger partial charge in [-0.2, -0.15) is 0 Å². The van der Waals surface area contributed by atoms with E-state index in [2.05, 4.69) is 5.32 Å². The molecule has 0 saturated carbocycles. The van der Waals surface area contributed by atoms with E-state index in [9.17, 15) is 9.59 Å². The summed E-state index contributed by atoms with van der Waals surface area (Å²) in [5, 5.41) is 11.9. The molecule has 0 spiro atoms. The van der Waals surface area contributed by atoms with Gasteiger partial charge < -0.3 is 24.8 Å². The van der Waals surface area contributed by atoms with E-state index >= 15 is 0 Å². The summed E-state index contributed by atoms with van der Waals surface area (Å²) in [7, 11) is 0. The van der Waals surface area contributed by atoms with Gasteiger partial charge >= 0.3 is 12.0 Å². The fourth-order valence-corrected chi connectivity index (χ4v) is 2.85. The van der Waals surface area contributed by atoms with Crippen LogP contribution in [0.25, 0.3) is 0 Å². The van der Waals surface area contributed by atoms with Gasteiger partial charge in [-0.3, -0.25) is 4.79 Å². The van der Waals surface area contributed by atoms with E-state index in [1.165, 1.54) is 0 Å². The van der Waals surface area contributed by atoms with Crippen molar-refractivity contribution >= 4 is 12.0 Å². The van der Waals surface area contributed by atoms with Crippen molar-refractivity contribution in [2.24, 2.45) is 5.92 Å². The Balaban J connectivity index is 1.55. The lowest BCUT2D eigenvalue weighted by Gasteiger charge is -2.30. The Kier molecular flexibility index (Phi) is 4.55. The predicted octanol–water partition coefficient (Wildman–Crippen LogP) is 1.46. The first-order valence-electron chi connectivity index (χ1n) is 7.77. The van der Waals surface area contributed by atoms with Crippen LogP contribution in [0.3, 0.4) is 0 Å². The first-order chi connectivity index (χ1) is 11.1. The minimum absolute atomic E-state index is 0.231. The number of fused-ring (bicyclic) bond motifs is 1. The second-order valence-electron chi connectivity index (χ2n) is 5.76. The van der Waals surface area contributed by atoms with E-state index in [4.69, 9.17) is 14.6 Å².